The van der Waals surface area contributed by atoms with Gasteiger partial charge in [-0.1, -0.05) is 0 Å². The molecule has 1 saturated heterocycles. The van der Waals surface area contributed by atoms with Crippen molar-refractivity contribution in [1.29, 1.82) is 0 Å². The van der Waals surface area contributed by atoms with E-state index in [-0.39, 0.29) is 0 Å². The van der Waals surface area contributed by atoms with Crippen LogP contribution in [0.1, 0.15) is 12.8 Å². The standard InChI is InChI=1S/C6H11NO3S/c1-11(9,10)7-4-2-3-6(7)5-8/h5-6H,2-4H2,1H3. The maximum atomic E-state index is 11.0. The highest BCUT2D eigenvalue weighted by atomic mass is 32.2. The van der Waals surface area contributed by atoms with Gasteiger partial charge in [0.15, 0.2) is 0 Å². The van der Waals surface area contributed by atoms with Crippen molar-refractivity contribution in [2.45, 2.75) is 18.9 Å². The number of hydrogen-bond acceptors (Lipinski definition) is 3. The molecule has 1 unspecified atom stereocenters. The summed E-state index contributed by atoms with van der Waals surface area (Å²) in [6.07, 6.45) is 3.29. The quantitative estimate of drug-likeness (QED) is 0.540. The van der Waals surface area contributed by atoms with Crippen LogP contribution in [0.4, 0.5) is 0 Å². The highest BCUT2D eigenvalue weighted by molar-refractivity contribution is 7.88. The van der Waals surface area contributed by atoms with Gasteiger partial charge in [-0.25, -0.2) is 8.42 Å². The van der Waals surface area contributed by atoms with Crippen LogP contribution in [0, 0.1) is 0 Å². The monoisotopic (exact) mass is 177 g/mol. The van der Waals surface area contributed by atoms with Crippen molar-refractivity contribution in [1.82, 2.24) is 4.31 Å². The Kier molecular flexibility index (Phi) is 2.29. The van der Waals surface area contributed by atoms with Crippen LogP contribution in [0.15, 0.2) is 0 Å². The van der Waals surface area contributed by atoms with Crippen LogP contribution in [-0.4, -0.2) is 37.9 Å². The summed E-state index contributed by atoms with van der Waals surface area (Å²) >= 11 is 0. The van der Waals surface area contributed by atoms with Crippen molar-refractivity contribution >= 4 is 16.3 Å². The van der Waals surface area contributed by atoms with E-state index in [1.165, 1.54) is 4.31 Å². The third kappa shape index (κ3) is 1.78. The highest BCUT2D eigenvalue weighted by Gasteiger charge is 2.30. The van der Waals surface area contributed by atoms with E-state index < -0.39 is 16.1 Å². The molecule has 1 fully saturated rings. The Morgan fingerprint density at radius 3 is 2.55 bits per heavy atom. The van der Waals surface area contributed by atoms with Gasteiger partial charge in [0.2, 0.25) is 10.0 Å². The second-order valence-electron chi connectivity index (χ2n) is 2.72. The van der Waals surface area contributed by atoms with Gasteiger partial charge in [-0.2, -0.15) is 4.31 Å². The first-order valence-electron chi connectivity index (χ1n) is 3.48. The second-order valence-corrected chi connectivity index (χ2v) is 4.65. The van der Waals surface area contributed by atoms with E-state index >= 15 is 0 Å². The predicted molar refractivity (Wildman–Crippen MR) is 40.6 cm³/mol. The third-order valence-corrected chi connectivity index (χ3v) is 3.14. The van der Waals surface area contributed by atoms with Gasteiger partial charge in [0, 0.05) is 6.54 Å². The molecule has 0 aromatic carbocycles. The molecule has 1 rings (SSSR count). The smallest absolute Gasteiger partial charge is 0.211 e. The normalized spacial score (nSPS) is 27.2. The van der Waals surface area contributed by atoms with Gasteiger partial charge in [-0.15, -0.1) is 0 Å². The van der Waals surface area contributed by atoms with Crippen LogP contribution in [0.2, 0.25) is 0 Å². The van der Waals surface area contributed by atoms with E-state index in [0.29, 0.717) is 19.3 Å². The lowest BCUT2D eigenvalue weighted by Gasteiger charge is -2.16. The molecule has 0 aromatic rings. The van der Waals surface area contributed by atoms with Gasteiger partial charge >= 0.3 is 0 Å². The Balaban J connectivity index is 2.80. The Hall–Kier alpha value is -0.420. The average Bonchev–Trinajstić information content (AvgIpc) is 2.31. The maximum Gasteiger partial charge on any atom is 0.211 e. The van der Waals surface area contributed by atoms with Crippen LogP contribution >= 0.6 is 0 Å². The second kappa shape index (κ2) is 2.91. The topological polar surface area (TPSA) is 54.5 Å². The number of carbonyl (C=O) groups is 1. The molecule has 0 amide bonds. The number of aldehydes is 1. The van der Waals surface area contributed by atoms with Gasteiger partial charge in [0.05, 0.1) is 12.3 Å². The molecule has 0 bridgehead atoms. The molecule has 0 N–H and O–H groups in total. The molecule has 64 valence electrons. The summed E-state index contributed by atoms with van der Waals surface area (Å²) in [7, 11) is -3.16. The average molecular weight is 177 g/mol. The zero-order valence-corrected chi connectivity index (χ0v) is 7.17. The van der Waals surface area contributed by atoms with Gasteiger partial charge in [0.1, 0.15) is 6.29 Å². The molecule has 0 aromatic heterocycles. The zero-order valence-electron chi connectivity index (χ0n) is 6.36. The maximum absolute atomic E-state index is 11.0. The van der Waals surface area contributed by atoms with Crippen molar-refractivity contribution in [3.05, 3.63) is 0 Å². The molecule has 1 heterocycles. The summed E-state index contributed by atoms with van der Waals surface area (Å²) in [5, 5.41) is 0. The first-order valence-corrected chi connectivity index (χ1v) is 5.32. The van der Waals surface area contributed by atoms with Gasteiger partial charge in [0.25, 0.3) is 0 Å². The number of sulfonamides is 1. The molecule has 0 saturated carbocycles. The van der Waals surface area contributed by atoms with E-state index in [1.807, 2.05) is 0 Å². The lowest BCUT2D eigenvalue weighted by molar-refractivity contribution is -0.110. The minimum Gasteiger partial charge on any atom is -0.302 e. The van der Waals surface area contributed by atoms with Crippen LogP contribution < -0.4 is 0 Å². The molecule has 1 aliphatic rings. The van der Waals surface area contributed by atoms with Crippen molar-refractivity contribution in [3.8, 4) is 0 Å². The summed E-state index contributed by atoms with van der Waals surface area (Å²) in [5.74, 6) is 0. The number of carbonyl (C=O) groups excluding carboxylic acids is 1. The predicted octanol–water partition coefficient (Wildman–Crippen LogP) is -0.391. The van der Waals surface area contributed by atoms with E-state index in [4.69, 9.17) is 0 Å². The molecule has 0 spiro atoms. The van der Waals surface area contributed by atoms with Crippen molar-refractivity contribution in [2.24, 2.45) is 0 Å². The molecule has 0 radical (unpaired) electrons. The molecule has 1 atom stereocenters. The minimum atomic E-state index is -3.16. The highest BCUT2D eigenvalue weighted by Crippen LogP contribution is 2.17. The van der Waals surface area contributed by atoms with Crippen LogP contribution in [0.3, 0.4) is 0 Å². The summed E-state index contributed by atoms with van der Waals surface area (Å²) in [5.41, 5.74) is 0. The van der Waals surface area contributed by atoms with E-state index in [2.05, 4.69) is 0 Å². The van der Waals surface area contributed by atoms with E-state index in [9.17, 15) is 13.2 Å². The molecule has 1 aliphatic heterocycles. The first kappa shape index (κ1) is 8.67. The Morgan fingerprint density at radius 2 is 2.18 bits per heavy atom. The molecule has 4 nitrogen and oxygen atoms in total. The lowest BCUT2D eigenvalue weighted by atomic mass is 10.2. The molecular weight excluding hydrogens is 166 g/mol. The lowest BCUT2D eigenvalue weighted by Crippen LogP contribution is -2.35. The van der Waals surface area contributed by atoms with Crippen molar-refractivity contribution in [3.63, 3.8) is 0 Å². The van der Waals surface area contributed by atoms with Gasteiger partial charge in [-0.3, -0.25) is 0 Å². The molecule has 0 aliphatic carbocycles. The summed E-state index contributed by atoms with van der Waals surface area (Å²) in [6.45, 7) is 0.488. The summed E-state index contributed by atoms with van der Waals surface area (Å²) in [4.78, 5) is 10.4. The zero-order chi connectivity index (χ0) is 8.48. The molecule has 11 heavy (non-hydrogen) atoms. The Bertz CT molecular complexity index is 247. The fourth-order valence-electron chi connectivity index (χ4n) is 1.31. The van der Waals surface area contributed by atoms with E-state index in [1.54, 1.807) is 0 Å². The molecular formula is C6H11NO3S. The van der Waals surface area contributed by atoms with Crippen LogP contribution in [0.5, 0.6) is 0 Å². The fraction of sp³-hybridized carbons (Fsp3) is 0.833. The minimum absolute atomic E-state index is 0.412. The fourth-order valence-corrected chi connectivity index (χ4v) is 2.42. The number of rotatable bonds is 2. The number of nitrogens with zero attached hydrogens (tertiary/aromatic N) is 1. The van der Waals surface area contributed by atoms with Crippen molar-refractivity contribution < 1.29 is 13.2 Å². The summed E-state index contributed by atoms with van der Waals surface area (Å²) < 4.78 is 23.2. The first-order chi connectivity index (χ1) is 5.05. The summed E-state index contributed by atoms with van der Waals surface area (Å²) in [6, 6.07) is -0.412. The Morgan fingerprint density at radius 1 is 1.55 bits per heavy atom. The van der Waals surface area contributed by atoms with Crippen LogP contribution in [-0.2, 0) is 14.8 Å². The Labute approximate surface area is 66.2 Å². The third-order valence-electron chi connectivity index (χ3n) is 1.83. The van der Waals surface area contributed by atoms with Gasteiger partial charge in [-0.05, 0) is 12.8 Å². The van der Waals surface area contributed by atoms with Crippen LogP contribution in [0.25, 0.3) is 0 Å². The van der Waals surface area contributed by atoms with Gasteiger partial charge < -0.3 is 4.79 Å². The van der Waals surface area contributed by atoms with E-state index in [0.717, 1.165) is 12.7 Å². The SMILES string of the molecule is CS(=O)(=O)N1CCCC1C=O. The largest absolute Gasteiger partial charge is 0.302 e. The number of hydrogen-bond donors (Lipinski definition) is 0. The molecule has 5 heteroatoms. The van der Waals surface area contributed by atoms with Crippen molar-refractivity contribution in [2.75, 3.05) is 12.8 Å².